The highest BCUT2D eigenvalue weighted by Gasteiger charge is 2.15. The van der Waals surface area contributed by atoms with E-state index in [0.717, 1.165) is 31.2 Å². The van der Waals surface area contributed by atoms with E-state index in [1.54, 1.807) is 0 Å². The highest BCUT2D eigenvalue weighted by molar-refractivity contribution is 5.69. The Hall–Kier alpha value is -1.51. The van der Waals surface area contributed by atoms with E-state index in [1.165, 1.54) is 89.9 Å². The van der Waals surface area contributed by atoms with Crippen LogP contribution in [0.1, 0.15) is 154 Å². The molecule has 1 aromatic carbocycles. The first-order valence-corrected chi connectivity index (χ1v) is 15.1. The Bertz CT molecular complexity index is 627. The van der Waals surface area contributed by atoms with Crippen molar-refractivity contribution >= 4 is 5.97 Å². The quantitative estimate of drug-likeness (QED) is 0.123. The van der Waals surface area contributed by atoms with Crippen LogP contribution >= 0.6 is 0 Å². The van der Waals surface area contributed by atoms with Gasteiger partial charge in [0.05, 0.1) is 6.61 Å². The third kappa shape index (κ3) is 16.0. The number of carbonyl (C=O) groups is 1. The van der Waals surface area contributed by atoms with Gasteiger partial charge in [0.1, 0.15) is 5.75 Å². The van der Waals surface area contributed by atoms with Crippen molar-refractivity contribution in [2.45, 2.75) is 149 Å². The summed E-state index contributed by atoms with van der Waals surface area (Å²) in [5, 5.41) is 10.4. The Kier molecular flexibility index (Phi) is 19.6. The van der Waals surface area contributed by atoms with Gasteiger partial charge in [0.15, 0.2) is 0 Å². The summed E-state index contributed by atoms with van der Waals surface area (Å²) in [6.07, 6.45) is 22.5. The molecule has 2 atom stereocenters. The minimum absolute atomic E-state index is 0.0192. The summed E-state index contributed by atoms with van der Waals surface area (Å²) in [5.74, 6) is 1.42. The summed E-state index contributed by atoms with van der Waals surface area (Å²) in [5.41, 5.74) is 1.13. The van der Waals surface area contributed by atoms with Crippen LogP contribution in [-0.2, 0) is 9.53 Å². The number of rotatable bonds is 23. The zero-order valence-electron chi connectivity index (χ0n) is 23.4. The molecule has 0 bridgehead atoms. The molecule has 0 aliphatic carbocycles. The number of carbonyl (C=O) groups excluding carboxylic acids is 1. The normalized spacial score (nSPS) is 13.0. The van der Waals surface area contributed by atoms with Crippen molar-refractivity contribution in [1.82, 2.24) is 0 Å². The van der Waals surface area contributed by atoms with Gasteiger partial charge in [-0.1, -0.05) is 129 Å². The predicted octanol–water partition coefficient (Wildman–Crippen LogP) is 10.1. The van der Waals surface area contributed by atoms with Crippen LogP contribution in [0.2, 0.25) is 0 Å². The first kappa shape index (κ1) is 31.5. The molecule has 0 saturated heterocycles. The van der Waals surface area contributed by atoms with Crippen molar-refractivity contribution in [1.29, 1.82) is 0 Å². The summed E-state index contributed by atoms with van der Waals surface area (Å²) in [7, 11) is 0. The average molecular weight is 489 g/mol. The standard InChI is InChI=1S/C32H56O3/c1-4-7-9-10-11-13-16-22-29(30-24-19-20-25-31(30)33)23-17-14-12-15-18-26-32(34)35-27-28(6-3)21-8-5-2/h19-20,24-25,28-29,33H,4-18,21-23,26-27H2,1-3H3. The number of hydrogen-bond acceptors (Lipinski definition) is 3. The van der Waals surface area contributed by atoms with Gasteiger partial charge in [-0.15, -0.1) is 0 Å². The summed E-state index contributed by atoms with van der Waals surface area (Å²) in [4.78, 5) is 12.1. The number of hydrogen-bond donors (Lipinski definition) is 1. The van der Waals surface area contributed by atoms with Crippen molar-refractivity contribution in [2.75, 3.05) is 6.61 Å². The Morgan fingerprint density at radius 3 is 1.91 bits per heavy atom. The van der Waals surface area contributed by atoms with Gasteiger partial charge < -0.3 is 9.84 Å². The number of esters is 1. The molecule has 0 aromatic heterocycles. The van der Waals surface area contributed by atoms with Crippen molar-refractivity contribution in [3.63, 3.8) is 0 Å². The minimum Gasteiger partial charge on any atom is -0.508 e. The van der Waals surface area contributed by atoms with Gasteiger partial charge in [0.25, 0.3) is 0 Å². The average Bonchev–Trinajstić information content (AvgIpc) is 2.87. The van der Waals surface area contributed by atoms with E-state index in [0.29, 0.717) is 30.6 Å². The fourth-order valence-corrected chi connectivity index (χ4v) is 5.01. The molecule has 1 N–H and O–H groups in total. The summed E-state index contributed by atoms with van der Waals surface area (Å²) in [6.45, 7) is 7.26. The maximum atomic E-state index is 12.1. The van der Waals surface area contributed by atoms with E-state index in [-0.39, 0.29) is 5.97 Å². The Morgan fingerprint density at radius 2 is 1.31 bits per heavy atom. The number of phenols is 1. The van der Waals surface area contributed by atoms with E-state index in [1.807, 2.05) is 12.1 Å². The van der Waals surface area contributed by atoms with Gasteiger partial charge >= 0.3 is 5.97 Å². The molecule has 0 saturated carbocycles. The Morgan fingerprint density at radius 1 is 0.743 bits per heavy atom. The monoisotopic (exact) mass is 488 g/mol. The van der Waals surface area contributed by atoms with Crippen molar-refractivity contribution in [2.24, 2.45) is 5.92 Å². The third-order valence-corrected chi connectivity index (χ3v) is 7.49. The molecule has 3 heteroatoms. The predicted molar refractivity (Wildman–Crippen MR) is 150 cm³/mol. The largest absolute Gasteiger partial charge is 0.508 e. The molecule has 3 nitrogen and oxygen atoms in total. The smallest absolute Gasteiger partial charge is 0.305 e. The molecule has 0 heterocycles. The highest BCUT2D eigenvalue weighted by atomic mass is 16.5. The van der Waals surface area contributed by atoms with Crippen LogP contribution < -0.4 is 0 Å². The van der Waals surface area contributed by atoms with E-state index < -0.39 is 0 Å². The highest BCUT2D eigenvalue weighted by Crippen LogP contribution is 2.34. The lowest BCUT2D eigenvalue weighted by molar-refractivity contribution is -0.145. The van der Waals surface area contributed by atoms with Gasteiger partial charge in [0.2, 0.25) is 0 Å². The molecule has 0 amide bonds. The van der Waals surface area contributed by atoms with Gasteiger partial charge in [0, 0.05) is 6.42 Å². The number of aromatic hydroxyl groups is 1. The lowest BCUT2D eigenvalue weighted by atomic mass is 9.87. The molecule has 35 heavy (non-hydrogen) atoms. The topological polar surface area (TPSA) is 46.5 Å². The molecule has 1 rings (SSSR count). The van der Waals surface area contributed by atoms with Crippen LogP contribution in [0.4, 0.5) is 0 Å². The van der Waals surface area contributed by atoms with E-state index in [2.05, 4.69) is 32.9 Å². The first-order chi connectivity index (χ1) is 17.1. The lowest BCUT2D eigenvalue weighted by Gasteiger charge is -2.19. The Balaban J connectivity index is 2.23. The molecule has 0 radical (unpaired) electrons. The van der Waals surface area contributed by atoms with Gasteiger partial charge in [-0.3, -0.25) is 4.79 Å². The summed E-state index contributed by atoms with van der Waals surface area (Å²) >= 11 is 0. The van der Waals surface area contributed by atoms with Gasteiger partial charge in [-0.25, -0.2) is 0 Å². The second kappa shape index (κ2) is 21.7. The molecule has 1 aromatic rings. The number of ether oxygens (including phenoxy) is 1. The maximum Gasteiger partial charge on any atom is 0.305 e. The van der Waals surface area contributed by atoms with E-state index >= 15 is 0 Å². The third-order valence-electron chi connectivity index (χ3n) is 7.49. The van der Waals surface area contributed by atoms with Crippen molar-refractivity contribution in [3.05, 3.63) is 29.8 Å². The molecule has 2 unspecified atom stereocenters. The van der Waals surface area contributed by atoms with Crippen LogP contribution in [-0.4, -0.2) is 17.7 Å². The maximum absolute atomic E-state index is 12.1. The second-order valence-electron chi connectivity index (χ2n) is 10.6. The van der Waals surface area contributed by atoms with Gasteiger partial charge in [-0.05, 0) is 49.1 Å². The van der Waals surface area contributed by atoms with Crippen molar-refractivity contribution < 1.29 is 14.6 Å². The van der Waals surface area contributed by atoms with Crippen molar-refractivity contribution in [3.8, 4) is 5.75 Å². The van der Waals surface area contributed by atoms with Crippen LogP contribution in [0.25, 0.3) is 0 Å². The first-order valence-electron chi connectivity index (χ1n) is 15.1. The lowest BCUT2D eigenvalue weighted by Crippen LogP contribution is -2.13. The number of phenolic OH excluding ortho intramolecular Hbond substituents is 1. The molecule has 0 aliphatic rings. The molecule has 0 aliphatic heterocycles. The number of para-hydroxylation sites is 1. The molecule has 202 valence electrons. The molecule has 0 spiro atoms. The van der Waals surface area contributed by atoms with Gasteiger partial charge in [-0.2, -0.15) is 0 Å². The summed E-state index contributed by atoms with van der Waals surface area (Å²) in [6, 6.07) is 7.91. The fourth-order valence-electron chi connectivity index (χ4n) is 5.01. The number of benzene rings is 1. The SMILES string of the molecule is CCCCCCCCCC(CCCCCCCC(=O)OCC(CC)CCCC)c1ccccc1O. The van der Waals surface area contributed by atoms with E-state index in [9.17, 15) is 9.90 Å². The summed E-state index contributed by atoms with van der Waals surface area (Å²) < 4.78 is 5.52. The van der Waals surface area contributed by atoms with Crippen LogP contribution in [0, 0.1) is 5.92 Å². The molecular weight excluding hydrogens is 432 g/mol. The van der Waals surface area contributed by atoms with Crippen LogP contribution in [0.15, 0.2) is 24.3 Å². The number of unbranched alkanes of at least 4 members (excludes halogenated alkanes) is 11. The fraction of sp³-hybridized carbons (Fsp3) is 0.781. The zero-order chi connectivity index (χ0) is 25.6. The van der Waals surface area contributed by atoms with Crippen LogP contribution in [0.5, 0.6) is 5.75 Å². The molecule has 0 fully saturated rings. The Labute approximate surface area is 217 Å². The second-order valence-corrected chi connectivity index (χ2v) is 10.6. The van der Waals surface area contributed by atoms with Crippen LogP contribution in [0.3, 0.4) is 0 Å². The molecular formula is C32H56O3. The minimum atomic E-state index is -0.0192. The van der Waals surface area contributed by atoms with E-state index in [4.69, 9.17) is 4.74 Å². The zero-order valence-corrected chi connectivity index (χ0v) is 23.4.